The quantitative estimate of drug-likeness (QED) is 0.793. The van der Waals surface area contributed by atoms with E-state index in [0.717, 1.165) is 25.8 Å². The Bertz CT molecular complexity index is 695. The van der Waals surface area contributed by atoms with Crippen LogP contribution in [0.2, 0.25) is 6.55 Å². The molecule has 2 fully saturated rings. The molecule has 25 heavy (non-hydrogen) atoms. The molecule has 2 aromatic carbocycles. The molecule has 4 heteroatoms. The minimum atomic E-state index is -2.30. The zero-order valence-corrected chi connectivity index (χ0v) is 15.7. The smallest absolute Gasteiger partial charge is 0.253 e. The maximum Gasteiger partial charge on any atom is 0.253 e. The van der Waals surface area contributed by atoms with E-state index in [1.54, 1.807) is 0 Å². The molecular weight excluding hydrogens is 326 g/mol. The number of hydrogen-bond acceptors (Lipinski definition) is 2. The monoisotopic (exact) mass is 351 g/mol. The molecule has 0 bridgehead atoms. The number of benzene rings is 2. The van der Waals surface area contributed by atoms with Crippen molar-refractivity contribution in [3.63, 3.8) is 0 Å². The number of fused-ring (bicyclic) bond motifs is 1. The summed E-state index contributed by atoms with van der Waals surface area (Å²) in [5, 5.41) is 2.59. The fraction of sp³-hybridized carbons (Fsp3) is 0.381. The van der Waals surface area contributed by atoms with Crippen molar-refractivity contribution in [2.75, 3.05) is 6.54 Å². The van der Waals surface area contributed by atoms with Gasteiger partial charge in [0.25, 0.3) is 8.32 Å². The summed E-state index contributed by atoms with van der Waals surface area (Å²) in [6.07, 6.45) is 3.88. The highest BCUT2D eigenvalue weighted by molar-refractivity contribution is 6.96. The lowest BCUT2D eigenvalue weighted by Gasteiger charge is -2.37. The van der Waals surface area contributed by atoms with Crippen LogP contribution in [-0.2, 0) is 9.22 Å². The maximum absolute atomic E-state index is 12.2. The summed E-state index contributed by atoms with van der Waals surface area (Å²) in [6.45, 7) is 3.15. The molecule has 2 aliphatic rings. The predicted molar refractivity (Wildman–Crippen MR) is 103 cm³/mol. The van der Waals surface area contributed by atoms with Crippen LogP contribution in [0.5, 0.6) is 0 Å². The van der Waals surface area contributed by atoms with E-state index in [1.807, 2.05) is 0 Å². The normalized spacial score (nSPS) is 23.6. The summed E-state index contributed by atoms with van der Waals surface area (Å²) in [6, 6.07) is 21.5. The Morgan fingerprint density at radius 1 is 0.960 bits per heavy atom. The Labute approximate surface area is 150 Å². The van der Waals surface area contributed by atoms with Crippen LogP contribution in [-0.4, -0.2) is 37.8 Å². The van der Waals surface area contributed by atoms with Gasteiger partial charge in [-0.05, 0) is 36.2 Å². The first-order valence-electron chi connectivity index (χ1n) is 9.27. The molecule has 2 atom stereocenters. The first-order chi connectivity index (χ1) is 12.2. The average molecular weight is 352 g/mol. The van der Waals surface area contributed by atoms with Crippen molar-refractivity contribution in [1.29, 1.82) is 0 Å². The second-order valence-corrected chi connectivity index (χ2v) is 10.7. The van der Waals surface area contributed by atoms with Crippen molar-refractivity contribution < 1.29 is 9.22 Å². The van der Waals surface area contributed by atoms with E-state index >= 15 is 0 Å². The van der Waals surface area contributed by atoms with Crippen molar-refractivity contribution >= 4 is 24.6 Å². The van der Waals surface area contributed by atoms with Gasteiger partial charge < -0.3 is 9.33 Å². The van der Waals surface area contributed by atoms with E-state index in [0.29, 0.717) is 12.3 Å². The van der Waals surface area contributed by atoms with Crippen LogP contribution >= 0.6 is 0 Å². The van der Waals surface area contributed by atoms with Crippen molar-refractivity contribution in [3.05, 3.63) is 60.7 Å². The lowest BCUT2D eigenvalue weighted by molar-refractivity contribution is -0.135. The third-order valence-electron chi connectivity index (χ3n) is 5.73. The summed E-state index contributed by atoms with van der Waals surface area (Å²) in [4.78, 5) is 14.3. The van der Waals surface area contributed by atoms with E-state index < -0.39 is 8.32 Å². The summed E-state index contributed by atoms with van der Waals surface area (Å²) in [5.41, 5.74) is 0. The fourth-order valence-electron chi connectivity index (χ4n) is 4.34. The van der Waals surface area contributed by atoms with Crippen LogP contribution in [0.4, 0.5) is 0 Å². The van der Waals surface area contributed by atoms with Crippen molar-refractivity contribution in [3.8, 4) is 0 Å². The molecule has 4 rings (SSSR count). The summed E-state index contributed by atoms with van der Waals surface area (Å²) < 4.78 is 6.93. The first kappa shape index (κ1) is 16.5. The van der Waals surface area contributed by atoms with Crippen LogP contribution in [0.25, 0.3) is 0 Å². The number of carbonyl (C=O) groups is 1. The average Bonchev–Trinajstić information content (AvgIpc) is 3.07. The standard InChI is InChI=1S/C21H25NO2Si/c1-25(17-9-4-2-5-10-17,18-11-6-3-7-12-18)24-20-15-16-22-19(20)13-8-14-21(22)23/h2-7,9-12,19-20H,8,13-16H2,1H3/t19-,20+/m0/s1. The number of carbonyl (C=O) groups excluding carboxylic acids is 1. The molecule has 130 valence electrons. The Morgan fingerprint density at radius 3 is 2.16 bits per heavy atom. The van der Waals surface area contributed by atoms with Gasteiger partial charge in [-0.1, -0.05) is 60.7 Å². The number of nitrogens with zero attached hydrogens (tertiary/aromatic N) is 1. The zero-order chi connectivity index (χ0) is 17.3. The molecule has 2 aliphatic heterocycles. The minimum absolute atomic E-state index is 0.154. The summed E-state index contributed by atoms with van der Waals surface area (Å²) >= 11 is 0. The Kier molecular flexibility index (Phi) is 4.48. The predicted octanol–water partition coefficient (Wildman–Crippen LogP) is 2.55. The molecule has 0 spiro atoms. The second-order valence-electron chi connectivity index (χ2n) is 7.26. The number of amides is 1. The first-order valence-corrected chi connectivity index (χ1v) is 11.7. The van der Waals surface area contributed by atoms with Crippen LogP contribution in [0.15, 0.2) is 60.7 Å². The van der Waals surface area contributed by atoms with Gasteiger partial charge in [-0.25, -0.2) is 0 Å². The molecule has 0 aliphatic carbocycles. The minimum Gasteiger partial charge on any atom is -0.403 e. The third-order valence-corrected chi connectivity index (χ3v) is 9.38. The topological polar surface area (TPSA) is 29.5 Å². The molecule has 3 nitrogen and oxygen atoms in total. The largest absolute Gasteiger partial charge is 0.403 e. The van der Waals surface area contributed by atoms with Gasteiger partial charge in [0.15, 0.2) is 0 Å². The van der Waals surface area contributed by atoms with E-state index in [-0.39, 0.29) is 12.1 Å². The third kappa shape index (κ3) is 3.05. The highest BCUT2D eigenvalue weighted by atomic mass is 28.4. The van der Waals surface area contributed by atoms with E-state index in [2.05, 4.69) is 72.1 Å². The van der Waals surface area contributed by atoms with Crippen LogP contribution in [0.3, 0.4) is 0 Å². The van der Waals surface area contributed by atoms with Gasteiger partial charge in [0.05, 0.1) is 12.1 Å². The number of rotatable bonds is 4. The van der Waals surface area contributed by atoms with E-state index in [1.165, 1.54) is 10.4 Å². The molecule has 0 unspecified atom stereocenters. The lowest BCUT2D eigenvalue weighted by Crippen LogP contribution is -2.61. The molecule has 1 amide bonds. The Hall–Kier alpha value is -1.91. The molecule has 0 radical (unpaired) electrons. The number of hydrogen-bond donors (Lipinski definition) is 0. The highest BCUT2D eigenvalue weighted by Gasteiger charge is 2.45. The van der Waals surface area contributed by atoms with Crippen molar-refractivity contribution in [1.82, 2.24) is 4.90 Å². The molecule has 0 saturated carbocycles. The van der Waals surface area contributed by atoms with Crippen molar-refractivity contribution in [2.24, 2.45) is 0 Å². The highest BCUT2D eigenvalue weighted by Crippen LogP contribution is 2.31. The fourth-order valence-corrected chi connectivity index (χ4v) is 7.48. The van der Waals surface area contributed by atoms with E-state index in [9.17, 15) is 4.79 Å². The number of piperidine rings is 1. The van der Waals surface area contributed by atoms with Crippen molar-refractivity contribution in [2.45, 2.75) is 44.4 Å². The summed E-state index contributed by atoms with van der Waals surface area (Å²) in [7, 11) is -2.30. The second kappa shape index (κ2) is 6.77. The van der Waals surface area contributed by atoms with Crippen LogP contribution in [0, 0.1) is 0 Å². The van der Waals surface area contributed by atoms with Gasteiger partial charge in [-0.2, -0.15) is 0 Å². The van der Waals surface area contributed by atoms with Gasteiger partial charge >= 0.3 is 0 Å². The van der Waals surface area contributed by atoms with Gasteiger partial charge in [0.2, 0.25) is 5.91 Å². The van der Waals surface area contributed by atoms with Gasteiger partial charge in [0.1, 0.15) is 0 Å². The van der Waals surface area contributed by atoms with Gasteiger partial charge in [-0.15, -0.1) is 0 Å². The van der Waals surface area contributed by atoms with Crippen LogP contribution < -0.4 is 10.4 Å². The zero-order valence-electron chi connectivity index (χ0n) is 14.7. The molecule has 2 saturated heterocycles. The molecular formula is C21H25NO2Si. The Balaban J connectivity index is 1.67. The van der Waals surface area contributed by atoms with Gasteiger partial charge in [0, 0.05) is 13.0 Å². The maximum atomic E-state index is 12.2. The van der Waals surface area contributed by atoms with Gasteiger partial charge in [-0.3, -0.25) is 4.79 Å². The Morgan fingerprint density at radius 2 is 1.56 bits per heavy atom. The van der Waals surface area contributed by atoms with Crippen LogP contribution in [0.1, 0.15) is 25.7 Å². The molecule has 2 heterocycles. The molecule has 2 aromatic rings. The SMILES string of the molecule is C[Si](O[C@@H]1CCN2C(=O)CCC[C@@H]12)(c1ccccc1)c1ccccc1. The summed E-state index contributed by atoms with van der Waals surface area (Å²) in [5.74, 6) is 0.310. The lowest BCUT2D eigenvalue weighted by atomic mass is 10.0. The molecule has 0 aromatic heterocycles. The van der Waals surface area contributed by atoms with E-state index in [4.69, 9.17) is 4.43 Å². The molecule has 0 N–H and O–H groups in total.